The zero-order chi connectivity index (χ0) is 19.8. The summed E-state index contributed by atoms with van der Waals surface area (Å²) < 4.78 is 13.5. The highest BCUT2D eigenvalue weighted by Crippen LogP contribution is 2.19. The van der Waals surface area contributed by atoms with Gasteiger partial charge in [-0.1, -0.05) is 6.92 Å². The number of aromatic nitrogens is 1. The lowest BCUT2D eigenvalue weighted by atomic mass is 10.1. The minimum absolute atomic E-state index is 0.198. The molecule has 7 heteroatoms. The van der Waals surface area contributed by atoms with E-state index in [4.69, 9.17) is 4.99 Å². The molecule has 0 aliphatic carbocycles. The number of halogens is 1. The van der Waals surface area contributed by atoms with Crippen molar-refractivity contribution in [2.24, 2.45) is 4.99 Å². The second-order valence-corrected chi connectivity index (χ2v) is 7.22. The van der Waals surface area contributed by atoms with Crippen LogP contribution in [0.15, 0.2) is 29.4 Å². The van der Waals surface area contributed by atoms with Crippen LogP contribution in [-0.2, 0) is 6.42 Å². The first-order valence-corrected chi connectivity index (χ1v) is 10.4. The molecule has 0 radical (unpaired) electrons. The molecule has 1 aliphatic rings. The summed E-state index contributed by atoms with van der Waals surface area (Å²) in [6.07, 6.45) is 2.78. The van der Waals surface area contributed by atoms with Gasteiger partial charge >= 0.3 is 0 Å². The van der Waals surface area contributed by atoms with E-state index in [0.717, 1.165) is 87.7 Å². The first-order valence-electron chi connectivity index (χ1n) is 10.4. The van der Waals surface area contributed by atoms with Gasteiger partial charge in [-0.3, -0.25) is 9.89 Å². The average molecular weight is 389 g/mol. The topological polar surface area (TPSA) is 58.7 Å². The van der Waals surface area contributed by atoms with Gasteiger partial charge in [-0.05, 0) is 43.7 Å². The third kappa shape index (κ3) is 5.69. The molecule has 1 aromatic heterocycles. The van der Waals surface area contributed by atoms with Crippen LogP contribution in [0.25, 0.3) is 10.9 Å². The van der Waals surface area contributed by atoms with E-state index < -0.39 is 0 Å². The van der Waals surface area contributed by atoms with E-state index in [1.54, 1.807) is 12.1 Å². The number of hydrogen-bond acceptors (Lipinski definition) is 3. The van der Waals surface area contributed by atoms with Gasteiger partial charge in [-0.2, -0.15) is 0 Å². The van der Waals surface area contributed by atoms with Crippen LogP contribution in [0, 0.1) is 5.82 Å². The summed E-state index contributed by atoms with van der Waals surface area (Å²) in [6.45, 7) is 13.4. The van der Waals surface area contributed by atoms with Gasteiger partial charge in [0.05, 0.1) is 6.54 Å². The largest absolute Gasteiger partial charge is 0.361 e. The van der Waals surface area contributed by atoms with E-state index in [-0.39, 0.29) is 5.82 Å². The Balaban J connectivity index is 1.46. The number of hydrogen-bond donors (Lipinski definition) is 3. The Kier molecular flexibility index (Phi) is 7.68. The normalized spacial score (nSPS) is 16.6. The number of aromatic amines is 1. The first-order chi connectivity index (χ1) is 13.7. The fourth-order valence-electron chi connectivity index (χ4n) is 3.65. The van der Waals surface area contributed by atoms with Crippen molar-refractivity contribution >= 4 is 16.9 Å². The van der Waals surface area contributed by atoms with E-state index >= 15 is 0 Å². The molecule has 28 heavy (non-hydrogen) atoms. The monoisotopic (exact) mass is 388 g/mol. The Bertz CT molecular complexity index is 763. The lowest BCUT2D eigenvalue weighted by Crippen LogP contribution is -2.47. The summed E-state index contributed by atoms with van der Waals surface area (Å²) in [5.41, 5.74) is 2.09. The van der Waals surface area contributed by atoms with Crippen molar-refractivity contribution in [1.82, 2.24) is 25.4 Å². The maximum absolute atomic E-state index is 13.5. The van der Waals surface area contributed by atoms with Crippen LogP contribution in [0.3, 0.4) is 0 Å². The number of nitrogens with zero attached hydrogens (tertiary/aromatic N) is 3. The number of rotatable bonds is 8. The SMILES string of the molecule is CCNC(=NCCN1CCN(CC)CC1)NCCc1c[nH]c2ccc(F)cc12. The van der Waals surface area contributed by atoms with Crippen molar-refractivity contribution in [2.45, 2.75) is 20.3 Å². The van der Waals surface area contributed by atoms with E-state index in [1.807, 2.05) is 6.20 Å². The second kappa shape index (κ2) is 10.4. The van der Waals surface area contributed by atoms with Gasteiger partial charge < -0.3 is 20.5 Å². The molecule has 0 spiro atoms. The van der Waals surface area contributed by atoms with Gasteiger partial charge in [-0.25, -0.2) is 4.39 Å². The molecule has 6 nitrogen and oxygen atoms in total. The number of guanidine groups is 1. The minimum Gasteiger partial charge on any atom is -0.361 e. The quantitative estimate of drug-likeness (QED) is 0.479. The Morgan fingerprint density at radius 1 is 1.14 bits per heavy atom. The molecule has 0 saturated carbocycles. The highest BCUT2D eigenvalue weighted by atomic mass is 19.1. The second-order valence-electron chi connectivity index (χ2n) is 7.22. The number of H-pyrrole nitrogens is 1. The average Bonchev–Trinajstić information content (AvgIpc) is 3.10. The van der Waals surface area contributed by atoms with Crippen LogP contribution >= 0.6 is 0 Å². The summed E-state index contributed by atoms with van der Waals surface area (Å²) in [4.78, 5) is 12.9. The fraction of sp³-hybridized carbons (Fsp3) is 0.571. The third-order valence-electron chi connectivity index (χ3n) is 5.36. The molecule has 1 aliphatic heterocycles. The minimum atomic E-state index is -0.198. The van der Waals surface area contributed by atoms with Gasteiger partial charge in [0.25, 0.3) is 0 Å². The highest BCUT2D eigenvalue weighted by molar-refractivity contribution is 5.83. The Morgan fingerprint density at radius 3 is 2.68 bits per heavy atom. The van der Waals surface area contributed by atoms with Crippen LogP contribution in [0.5, 0.6) is 0 Å². The zero-order valence-corrected chi connectivity index (χ0v) is 17.1. The molecular formula is C21H33FN6. The van der Waals surface area contributed by atoms with Gasteiger partial charge in [0, 0.05) is 62.9 Å². The Morgan fingerprint density at radius 2 is 1.93 bits per heavy atom. The molecule has 2 heterocycles. The molecular weight excluding hydrogens is 355 g/mol. The summed E-state index contributed by atoms with van der Waals surface area (Å²) in [5, 5.41) is 7.66. The van der Waals surface area contributed by atoms with E-state index in [2.05, 4.69) is 39.3 Å². The van der Waals surface area contributed by atoms with Crippen molar-refractivity contribution in [3.05, 3.63) is 35.8 Å². The number of aliphatic imine (C=N–C) groups is 1. The molecule has 2 aromatic rings. The van der Waals surface area contributed by atoms with Gasteiger partial charge in [0.15, 0.2) is 5.96 Å². The van der Waals surface area contributed by atoms with Crippen LogP contribution in [0.1, 0.15) is 19.4 Å². The summed E-state index contributed by atoms with van der Waals surface area (Å²) in [6, 6.07) is 4.87. The van der Waals surface area contributed by atoms with Crippen molar-refractivity contribution in [3.63, 3.8) is 0 Å². The summed E-state index contributed by atoms with van der Waals surface area (Å²) in [7, 11) is 0. The number of nitrogens with one attached hydrogen (secondary N) is 3. The highest BCUT2D eigenvalue weighted by Gasteiger charge is 2.14. The number of fused-ring (bicyclic) bond motifs is 1. The molecule has 0 bridgehead atoms. The lowest BCUT2D eigenvalue weighted by Gasteiger charge is -2.33. The maximum atomic E-state index is 13.5. The number of piperazine rings is 1. The third-order valence-corrected chi connectivity index (χ3v) is 5.36. The smallest absolute Gasteiger partial charge is 0.191 e. The standard InChI is InChI=1S/C21H33FN6/c1-3-23-21(25-9-10-28-13-11-27(4-2)12-14-28)24-8-7-17-16-26-20-6-5-18(22)15-19(17)20/h5-6,15-16,26H,3-4,7-14H2,1-2H3,(H2,23,24,25). The van der Waals surface area contributed by atoms with Crippen molar-refractivity contribution < 1.29 is 4.39 Å². The van der Waals surface area contributed by atoms with Crippen LogP contribution in [0.4, 0.5) is 4.39 Å². The molecule has 154 valence electrons. The predicted molar refractivity (Wildman–Crippen MR) is 114 cm³/mol. The first kappa shape index (κ1) is 20.6. The molecule has 1 aromatic carbocycles. The molecule has 0 atom stereocenters. The van der Waals surface area contributed by atoms with Crippen molar-refractivity contribution in [2.75, 3.05) is 58.9 Å². The molecule has 1 fully saturated rings. The van der Waals surface area contributed by atoms with Crippen LogP contribution in [0.2, 0.25) is 0 Å². The lowest BCUT2D eigenvalue weighted by molar-refractivity contribution is 0.140. The molecule has 3 rings (SSSR count). The van der Waals surface area contributed by atoms with Gasteiger partial charge in [0.1, 0.15) is 5.82 Å². The predicted octanol–water partition coefficient (Wildman–Crippen LogP) is 2.04. The molecule has 0 amide bonds. The molecule has 0 unspecified atom stereocenters. The Hall–Kier alpha value is -2.12. The summed E-state index contributed by atoms with van der Waals surface area (Å²) in [5.74, 6) is 0.650. The number of likely N-dealkylation sites (N-methyl/N-ethyl adjacent to an activating group) is 1. The van der Waals surface area contributed by atoms with Crippen LogP contribution in [-0.4, -0.2) is 79.6 Å². The molecule has 1 saturated heterocycles. The Labute approximate surface area is 167 Å². The van der Waals surface area contributed by atoms with Crippen molar-refractivity contribution in [1.29, 1.82) is 0 Å². The van der Waals surface area contributed by atoms with Gasteiger partial charge in [0.2, 0.25) is 0 Å². The van der Waals surface area contributed by atoms with Crippen LogP contribution < -0.4 is 10.6 Å². The maximum Gasteiger partial charge on any atom is 0.191 e. The van der Waals surface area contributed by atoms with E-state index in [9.17, 15) is 4.39 Å². The number of benzene rings is 1. The van der Waals surface area contributed by atoms with Gasteiger partial charge in [-0.15, -0.1) is 0 Å². The van der Waals surface area contributed by atoms with Crippen molar-refractivity contribution in [3.8, 4) is 0 Å². The van der Waals surface area contributed by atoms with E-state index in [1.165, 1.54) is 6.07 Å². The van der Waals surface area contributed by atoms with E-state index in [0.29, 0.717) is 0 Å². The molecule has 3 N–H and O–H groups in total. The zero-order valence-electron chi connectivity index (χ0n) is 17.1. The fourth-order valence-corrected chi connectivity index (χ4v) is 3.65. The summed E-state index contributed by atoms with van der Waals surface area (Å²) >= 11 is 0.